The van der Waals surface area contributed by atoms with Gasteiger partial charge >= 0.3 is 5.69 Å². The van der Waals surface area contributed by atoms with Crippen molar-refractivity contribution >= 4 is 11.4 Å². The van der Waals surface area contributed by atoms with Gasteiger partial charge in [-0.05, 0) is 24.6 Å². The molecule has 1 atom stereocenters. The number of nitro benzene ring substituents is 1. The Morgan fingerprint density at radius 1 is 1.11 bits per heavy atom. The molecular weight excluding hydrogens is 346 g/mol. The van der Waals surface area contributed by atoms with Gasteiger partial charge in [0.25, 0.3) is 0 Å². The molecule has 2 aromatic carbocycles. The number of benzene rings is 2. The summed E-state index contributed by atoms with van der Waals surface area (Å²) in [6.07, 6.45) is -0.699. The van der Waals surface area contributed by atoms with Gasteiger partial charge in [0.05, 0.1) is 4.92 Å². The highest BCUT2D eigenvalue weighted by atomic mass is 16.6. The molecule has 1 aliphatic heterocycles. The molecule has 1 unspecified atom stereocenters. The predicted molar refractivity (Wildman–Crippen MR) is 104 cm³/mol. The molecule has 27 heavy (non-hydrogen) atoms. The summed E-state index contributed by atoms with van der Waals surface area (Å²) in [7, 11) is 0. The first kappa shape index (κ1) is 19.1. The van der Waals surface area contributed by atoms with Gasteiger partial charge in [-0.1, -0.05) is 30.3 Å². The minimum absolute atomic E-state index is 0.0306. The van der Waals surface area contributed by atoms with Gasteiger partial charge in [0, 0.05) is 44.5 Å². The first-order chi connectivity index (χ1) is 13.0. The molecule has 0 amide bonds. The summed E-state index contributed by atoms with van der Waals surface area (Å²) in [6, 6.07) is 14.6. The Kier molecular flexibility index (Phi) is 6.26. The number of aryl methyl sites for hydroxylation is 1. The predicted octanol–water partition coefficient (Wildman–Crippen LogP) is 2.47. The van der Waals surface area contributed by atoms with Crippen LogP contribution in [0.15, 0.2) is 48.5 Å². The van der Waals surface area contributed by atoms with Gasteiger partial charge in [-0.2, -0.15) is 0 Å². The van der Waals surface area contributed by atoms with Crippen molar-refractivity contribution in [1.29, 1.82) is 0 Å². The highest BCUT2D eigenvalue weighted by Gasteiger charge is 2.21. The molecule has 1 N–H and O–H groups in total. The van der Waals surface area contributed by atoms with E-state index in [1.54, 1.807) is 18.2 Å². The molecule has 0 saturated carbocycles. The van der Waals surface area contributed by atoms with E-state index in [1.165, 1.54) is 17.3 Å². The number of rotatable bonds is 7. The highest BCUT2D eigenvalue weighted by molar-refractivity contribution is 5.53. The van der Waals surface area contributed by atoms with E-state index < -0.39 is 11.0 Å². The van der Waals surface area contributed by atoms with E-state index in [4.69, 9.17) is 4.74 Å². The lowest BCUT2D eigenvalue weighted by Crippen LogP contribution is -2.49. The van der Waals surface area contributed by atoms with Gasteiger partial charge in [-0.3, -0.25) is 15.0 Å². The molecule has 1 aliphatic rings. The van der Waals surface area contributed by atoms with Crippen LogP contribution in [0, 0.1) is 17.0 Å². The van der Waals surface area contributed by atoms with Crippen molar-refractivity contribution < 1.29 is 14.8 Å². The van der Waals surface area contributed by atoms with Gasteiger partial charge < -0.3 is 14.7 Å². The minimum Gasteiger partial charge on any atom is -0.484 e. The summed E-state index contributed by atoms with van der Waals surface area (Å²) in [5.74, 6) is 0.186. The number of anilines is 1. The summed E-state index contributed by atoms with van der Waals surface area (Å²) in [4.78, 5) is 15.1. The maximum atomic E-state index is 11.0. The van der Waals surface area contributed by atoms with E-state index >= 15 is 0 Å². The number of nitrogens with zero attached hydrogens (tertiary/aromatic N) is 3. The lowest BCUT2D eigenvalue weighted by molar-refractivity contribution is -0.385. The molecule has 0 spiro atoms. The van der Waals surface area contributed by atoms with Crippen molar-refractivity contribution in [3.8, 4) is 5.75 Å². The summed E-state index contributed by atoms with van der Waals surface area (Å²) in [6.45, 7) is 6.16. The van der Waals surface area contributed by atoms with E-state index in [9.17, 15) is 15.2 Å². The van der Waals surface area contributed by atoms with E-state index in [0.717, 1.165) is 26.2 Å². The maximum Gasteiger partial charge on any atom is 0.310 e. The average Bonchev–Trinajstić information content (AvgIpc) is 2.68. The molecule has 0 aromatic heterocycles. The summed E-state index contributed by atoms with van der Waals surface area (Å²) in [5, 5.41) is 21.3. The second kappa shape index (κ2) is 8.83. The van der Waals surface area contributed by atoms with Gasteiger partial charge in [-0.25, -0.2) is 0 Å². The number of aliphatic hydroxyl groups excluding tert-OH is 1. The minimum atomic E-state index is -0.699. The van der Waals surface area contributed by atoms with Crippen LogP contribution in [0.5, 0.6) is 5.75 Å². The molecule has 7 heteroatoms. The van der Waals surface area contributed by atoms with Gasteiger partial charge in [0.15, 0.2) is 5.75 Å². The molecule has 1 heterocycles. The van der Waals surface area contributed by atoms with Crippen molar-refractivity contribution in [2.75, 3.05) is 44.2 Å². The number of hydrogen-bond donors (Lipinski definition) is 1. The summed E-state index contributed by atoms with van der Waals surface area (Å²) < 4.78 is 5.48. The van der Waals surface area contributed by atoms with E-state index in [1.807, 2.05) is 6.07 Å². The fourth-order valence-electron chi connectivity index (χ4n) is 3.36. The summed E-state index contributed by atoms with van der Waals surface area (Å²) in [5.41, 5.74) is 2.44. The number of aliphatic hydroxyl groups is 1. The Morgan fingerprint density at radius 2 is 1.78 bits per heavy atom. The number of para-hydroxylation sites is 3. The molecule has 144 valence electrons. The van der Waals surface area contributed by atoms with Crippen LogP contribution in [0.1, 0.15) is 5.56 Å². The number of hydrogen-bond acceptors (Lipinski definition) is 6. The Labute approximate surface area is 158 Å². The zero-order chi connectivity index (χ0) is 19.2. The maximum absolute atomic E-state index is 11.0. The lowest BCUT2D eigenvalue weighted by Gasteiger charge is -2.37. The van der Waals surface area contributed by atoms with Gasteiger partial charge in [0.2, 0.25) is 0 Å². The standard InChI is InChI=1S/C20H25N3O4/c1-16-6-2-3-7-18(16)22-12-10-21(11-13-22)14-17(24)15-27-20-9-5-4-8-19(20)23(25)26/h2-9,17,24H,10-15H2,1H3. The highest BCUT2D eigenvalue weighted by Crippen LogP contribution is 2.26. The second-order valence-electron chi connectivity index (χ2n) is 6.76. The monoisotopic (exact) mass is 371 g/mol. The molecule has 3 rings (SSSR count). The fraction of sp³-hybridized carbons (Fsp3) is 0.400. The van der Waals surface area contributed by atoms with Gasteiger partial charge in [0.1, 0.15) is 12.7 Å². The molecule has 0 bridgehead atoms. The molecule has 0 aliphatic carbocycles. The zero-order valence-corrected chi connectivity index (χ0v) is 15.5. The zero-order valence-electron chi connectivity index (χ0n) is 15.5. The van der Waals surface area contributed by atoms with Crippen molar-refractivity contribution in [3.05, 3.63) is 64.2 Å². The van der Waals surface area contributed by atoms with Crippen LogP contribution in [0.3, 0.4) is 0 Å². The van der Waals surface area contributed by atoms with Crippen LogP contribution in [-0.2, 0) is 0 Å². The third kappa shape index (κ3) is 4.96. The normalized spacial score (nSPS) is 16.1. The van der Waals surface area contributed by atoms with Crippen LogP contribution in [0.2, 0.25) is 0 Å². The third-order valence-electron chi connectivity index (χ3n) is 4.79. The molecule has 1 fully saturated rings. The SMILES string of the molecule is Cc1ccccc1N1CCN(CC(O)COc2ccccc2[N+](=O)[O-])CC1. The van der Waals surface area contributed by atoms with E-state index in [2.05, 4.69) is 34.9 Å². The van der Waals surface area contributed by atoms with Crippen molar-refractivity contribution in [3.63, 3.8) is 0 Å². The molecular formula is C20H25N3O4. The van der Waals surface area contributed by atoms with E-state index in [-0.39, 0.29) is 18.0 Å². The number of nitro groups is 1. The smallest absolute Gasteiger partial charge is 0.310 e. The van der Waals surface area contributed by atoms with Crippen LogP contribution < -0.4 is 9.64 Å². The van der Waals surface area contributed by atoms with Crippen molar-refractivity contribution in [2.45, 2.75) is 13.0 Å². The first-order valence-electron chi connectivity index (χ1n) is 9.12. The van der Waals surface area contributed by atoms with E-state index in [0.29, 0.717) is 6.54 Å². The third-order valence-corrected chi connectivity index (χ3v) is 4.79. The Bertz CT molecular complexity index is 775. The van der Waals surface area contributed by atoms with Gasteiger partial charge in [-0.15, -0.1) is 0 Å². The molecule has 7 nitrogen and oxygen atoms in total. The number of piperazine rings is 1. The number of ether oxygens (including phenoxy) is 1. The molecule has 0 radical (unpaired) electrons. The molecule has 1 saturated heterocycles. The largest absolute Gasteiger partial charge is 0.484 e. The Balaban J connectivity index is 1.47. The van der Waals surface area contributed by atoms with Crippen LogP contribution in [-0.4, -0.2) is 60.4 Å². The fourth-order valence-corrected chi connectivity index (χ4v) is 3.36. The van der Waals surface area contributed by atoms with Crippen LogP contribution in [0.25, 0.3) is 0 Å². The van der Waals surface area contributed by atoms with Crippen molar-refractivity contribution in [1.82, 2.24) is 4.90 Å². The molecule has 2 aromatic rings. The first-order valence-corrected chi connectivity index (χ1v) is 9.12. The summed E-state index contributed by atoms with van der Waals surface area (Å²) >= 11 is 0. The quantitative estimate of drug-likeness (QED) is 0.595. The topological polar surface area (TPSA) is 79.1 Å². The van der Waals surface area contributed by atoms with Crippen LogP contribution >= 0.6 is 0 Å². The average molecular weight is 371 g/mol. The number of β-amino-alcohol motifs (C(OH)–C–C–N with tert-alkyl or cyclic N) is 1. The lowest BCUT2D eigenvalue weighted by atomic mass is 10.1. The Morgan fingerprint density at radius 3 is 2.48 bits per heavy atom. The van der Waals surface area contributed by atoms with Crippen LogP contribution in [0.4, 0.5) is 11.4 Å². The second-order valence-corrected chi connectivity index (χ2v) is 6.76. The van der Waals surface area contributed by atoms with Crippen molar-refractivity contribution in [2.24, 2.45) is 0 Å². The Hall–Kier alpha value is -2.64.